The summed E-state index contributed by atoms with van der Waals surface area (Å²) in [6.07, 6.45) is 0. The van der Waals surface area contributed by atoms with Crippen LogP contribution in [0.25, 0.3) is 54.8 Å². The summed E-state index contributed by atoms with van der Waals surface area (Å²) in [6, 6.07) is 57.5. The minimum atomic E-state index is -0.589. The Labute approximate surface area is 305 Å². The molecule has 0 bridgehead atoms. The topological polar surface area (TPSA) is 31.4 Å². The first-order valence-electron chi connectivity index (χ1n) is 18.2. The molecule has 52 heavy (non-hydrogen) atoms. The molecule has 7 aromatic carbocycles. The Hall–Kier alpha value is -5.55. The van der Waals surface area contributed by atoms with Gasteiger partial charge in [0.15, 0.2) is 0 Å². The second kappa shape index (κ2) is 11.2. The van der Waals surface area contributed by atoms with Crippen molar-refractivity contribution in [2.75, 3.05) is 0 Å². The minimum Gasteiger partial charge on any atom is -0.399 e. The second-order valence-electron chi connectivity index (χ2n) is 15.3. The second-order valence-corrected chi connectivity index (χ2v) is 15.3. The molecular formula is C48H38BNO2. The third kappa shape index (κ3) is 4.38. The molecule has 4 heteroatoms. The van der Waals surface area contributed by atoms with Crippen molar-refractivity contribution in [3.05, 3.63) is 180 Å². The fourth-order valence-electron chi connectivity index (χ4n) is 8.72. The summed E-state index contributed by atoms with van der Waals surface area (Å²) in [7, 11) is -0.469. The van der Waals surface area contributed by atoms with Gasteiger partial charge < -0.3 is 9.31 Å². The summed E-state index contributed by atoms with van der Waals surface area (Å²) in [5.41, 5.74) is 11.4. The van der Waals surface area contributed by atoms with Crippen LogP contribution in [0.15, 0.2) is 158 Å². The Bertz CT molecular complexity index is 2650. The third-order valence-corrected chi connectivity index (χ3v) is 12.0. The van der Waals surface area contributed by atoms with Gasteiger partial charge in [-0.2, -0.15) is 0 Å². The van der Waals surface area contributed by atoms with Crippen LogP contribution in [0.2, 0.25) is 0 Å². The van der Waals surface area contributed by atoms with E-state index in [1.54, 1.807) is 0 Å². The molecule has 0 atom stereocenters. The molecule has 2 heterocycles. The fraction of sp³-hybridized carbons (Fsp3) is 0.146. The van der Waals surface area contributed by atoms with Gasteiger partial charge in [-0.15, -0.1) is 0 Å². The number of fused-ring (bicyclic) bond motifs is 7. The molecule has 0 spiro atoms. The maximum atomic E-state index is 6.63. The summed E-state index contributed by atoms with van der Waals surface area (Å²) >= 11 is 0. The van der Waals surface area contributed by atoms with Crippen molar-refractivity contribution >= 4 is 45.2 Å². The monoisotopic (exact) mass is 671 g/mol. The van der Waals surface area contributed by atoms with Crippen LogP contribution < -0.4 is 5.46 Å². The highest BCUT2D eigenvalue weighted by molar-refractivity contribution is 6.62. The van der Waals surface area contributed by atoms with E-state index in [1.807, 2.05) is 0 Å². The molecule has 250 valence electrons. The lowest BCUT2D eigenvalue weighted by atomic mass is 9.66. The molecule has 1 saturated heterocycles. The molecule has 10 rings (SSSR count). The van der Waals surface area contributed by atoms with E-state index in [0.29, 0.717) is 0 Å². The van der Waals surface area contributed by atoms with Gasteiger partial charge in [0.05, 0.1) is 27.7 Å². The first-order valence-corrected chi connectivity index (χ1v) is 18.2. The summed E-state index contributed by atoms with van der Waals surface area (Å²) in [4.78, 5) is 5.26. The van der Waals surface area contributed by atoms with Crippen molar-refractivity contribution < 1.29 is 9.31 Å². The molecule has 0 radical (unpaired) electrons. The van der Waals surface area contributed by atoms with Crippen LogP contribution in [0, 0.1) is 0 Å². The van der Waals surface area contributed by atoms with Crippen LogP contribution in [0.1, 0.15) is 49.9 Å². The minimum absolute atomic E-state index is 0.439. The molecule has 1 aliphatic heterocycles. The van der Waals surface area contributed by atoms with Crippen LogP contribution in [0.3, 0.4) is 0 Å². The SMILES string of the molecule is CC1(C)OB(c2ccc3c(c2)C(c2ccccc2)(c2ccccc2)c2cc(-c4c5ccccc5nc5c4ccc4ccccc45)ccc2-3)OC1(C)C. The van der Waals surface area contributed by atoms with Crippen LogP contribution in [-0.2, 0) is 14.7 Å². The lowest BCUT2D eigenvalue weighted by Gasteiger charge is -2.34. The molecule has 0 unspecified atom stereocenters. The van der Waals surface area contributed by atoms with Crippen molar-refractivity contribution in [3.8, 4) is 22.3 Å². The predicted octanol–water partition coefficient (Wildman–Crippen LogP) is 10.9. The van der Waals surface area contributed by atoms with E-state index in [9.17, 15) is 0 Å². The zero-order chi connectivity index (χ0) is 35.2. The largest absolute Gasteiger partial charge is 0.494 e. The van der Waals surface area contributed by atoms with E-state index in [2.05, 4.69) is 185 Å². The van der Waals surface area contributed by atoms with Crippen LogP contribution in [-0.4, -0.2) is 23.3 Å². The van der Waals surface area contributed by atoms with Gasteiger partial charge in [-0.1, -0.05) is 146 Å². The number of para-hydroxylation sites is 1. The zero-order valence-electron chi connectivity index (χ0n) is 29.9. The number of benzene rings is 7. The van der Waals surface area contributed by atoms with Gasteiger partial charge in [0, 0.05) is 21.7 Å². The Balaban J connectivity index is 1.28. The molecule has 8 aromatic rings. The van der Waals surface area contributed by atoms with Crippen LogP contribution in [0.5, 0.6) is 0 Å². The van der Waals surface area contributed by atoms with Crippen molar-refractivity contribution in [1.82, 2.24) is 4.98 Å². The summed E-state index contributed by atoms with van der Waals surface area (Å²) in [5, 5.41) is 4.66. The number of pyridine rings is 1. The molecular weight excluding hydrogens is 633 g/mol. The van der Waals surface area contributed by atoms with E-state index in [-0.39, 0.29) is 0 Å². The van der Waals surface area contributed by atoms with Gasteiger partial charge in [-0.3, -0.25) is 0 Å². The first kappa shape index (κ1) is 31.2. The zero-order valence-corrected chi connectivity index (χ0v) is 29.9. The summed E-state index contributed by atoms with van der Waals surface area (Å²) in [5.74, 6) is 0. The Morgan fingerprint density at radius 2 is 1.08 bits per heavy atom. The molecule has 0 saturated carbocycles. The molecule has 3 nitrogen and oxygen atoms in total. The Morgan fingerprint density at radius 3 is 1.77 bits per heavy atom. The highest BCUT2D eigenvalue weighted by atomic mass is 16.7. The third-order valence-electron chi connectivity index (χ3n) is 12.0. The molecule has 1 fully saturated rings. The van der Waals surface area contributed by atoms with E-state index in [0.717, 1.165) is 27.3 Å². The van der Waals surface area contributed by atoms with E-state index in [1.165, 1.54) is 55.3 Å². The Kier molecular flexibility index (Phi) is 6.74. The molecule has 1 aliphatic carbocycles. The lowest BCUT2D eigenvalue weighted by Crippen LogP contribution is -2.41. The predicted molar refractivity (Wildman–Crippen MR) is 215 cm³/mol. The van der Waals surface area contributed by atoms with Gasteiger partial charge >= 0.3 is 7.12 Å². The van der Waals surface area contributed by atoms with E-state index >= 15 is 0 Å². The summed E-state index contributed by atoms with van der Waals surface area (Å²) < 4.78 is 13.3. The maximum absolute atomic E-state index is 6.63. The molecule has 2 aliphatic rings. The highest BCUT2D eigenvalue weighted by Gasteiger charge is 2.53. The Morgan fingerprint density at radius 1 is 0.500 bits per heavy atom. The maximum Gasteiger partial charge on any atom is 0.494 e. The van der Waals surface area contributed by atoms with E-state index in [4.69, 9.17) is 14.3 Å². The normalized spacial score (nSPS) is 16.7. The quantitative estimate of drug-likeness (QED) is 0.106. The standard InChI is InChI=1S/C48H38BNO2/c1-46(2)47(3,4)52-49(51-46)35-25-28-38-37-26-24-32(29-41(37)48(42(38)30-35,33-16-7-5-8-17-33)34-18-9-6-10-19-34)44-39-21-13-14-22-43(39)50-45-36-20-12-11-15-31(36)23-27-40(44)45/h5-30H,1-4H3. The van der Waals surface area contributed by atoms with Crippen molar-refractivity contribution in [2.24, 2.45) is 0 Å². The number of nitrogens with zero attached hydrogens (tertiary/aromatic N) is 1. The van der Waals surface area contributed by atoms with E-state index < -0.39 is 23.7 Å². The molecule has 0 amide bonds. The number of rotatable bonds is 4. The highest BCUT2D eigenvalue weighted by Crippen LogP contribution is 2.57. The number of hydrogen-bond acceptors (Lipinski definition) is 3. The van der Waals surface area contributed by atoms with Crippen molar-refractivity contribution in [2.45, 2.75) is 44.3 Å². The van der Waals surface area contributed by atoms with Crippen molar-refractivity contribution in [3.63, 3.8) is 0 Å². The average Bonchev–Trinajstić information content (AvgIpc) is 3.59. The van der Waals surface area contributed by atoms with Crippen molar-refractivity contribution in [1.29, 1.82) is 0 Å². The molecule has 0 N–H and O–H groups in total. The van der Waals surface area contributed by atoms with Gasteiger partial charge in [-0.05, 0) is 89.6 Å². The summed E-state index contributed by atoms with van der Waals surface area (Å²) in [6.45, 7) is 8.47. The van der Waals surface area contributed by atoms with Gasteiger partial charge in [0.2, 0.25) is 0 Å². The smallest absolute Gasteiger partial charge is 0.399 e. The van der Waals surface area contributed by atoms with Gasteiger partial charge in [0.1, 0.15) is 0 Å². The number of hydrogen-bond donors (Lipinski definition) is 0. The van der Waals surface area contributed by atoms with Gasteiger partial charge in [0.25, 0.3) is 0 Å². The fourth-order valence-corrected chi connectivity index (χ4v) is 8.72. The average molecular weight is 672 g/mol. The van der Waals surface area contributed by atoms with Crippen LogP contribution in [0.4, 0.5) is 0 Å². The first-order chi connectivity index (χ1) is 25.3. The van der Waals surface area contributed by atoms with Crippen LogP contribution >= 0.6 is 0 Å². The lowest BCUT2D eigenvalue weighted by molar-refractivity contribution is 0.00578. The van der Waals surface area contributed by atoms with Gasteiger partial charge in [-0.25, -0.2) is 4.98 Å². The number of aromatic nitrogens is 1. The molecule has 1 aromatic heterocycles.